The highest BCUT2D eigenvalue weighted by molar-refractivity contribution is 7.90. The lowest BCUT2D eigenvalue weighted by Crippen LogP contribution is -2.43. The van der Waals surface area contributed by atoms with Crippen molar-refractivity contribution in [1.82, 2.24) is 9.71 Å². The van der Waals surface area contributed by atoms with E-state index >= 15 is 0 Å². The zero-order valence-corrected chi connectivity index (χ0v) is 13.1. The number of rotatable bonds is 5. The second-order valence-corrected chi connectivity index (χ2v) is 6.80. The molecule has 1 heterocycles. The molecule has 0 atom stereocenters. The number of aryl methyl sites for hydroxylation is 1. The molecule has 1 aromatic heterocycles. The first-order valence-corrected chi connectivity index (χ1v) is 7.71. The molecule has 0 aromatic carbocycles. The van der Waals surface area contributed by atoms with Gasteiger partial charge >= 0.3 is 5.97 Å². The molecule has 0 aliphatic carbocycles. The largest absolute Gasteiger partial charge is 0.462 e. The standard InChI is InChI=1S/C12H21N3O4S/c1-6-19-11(16)10-8(2)13-7-9(10)14-20(17,18)15-12(3,4)5/h7,13-15H,6H2,1-5H3. The van der Waals surface area contributed by atoms with Crippen LogP contribution in [-0.2, 0) is 14.9 Å². The third-order valence-corrected chi connectivity index (χ3v) is 3.61. The zero-order chi connectivity index (χ0) is 15.6. The first-order valence-electron chi connectivity index (χ1n) is 6.22. The van der Waals surface area contributed by atoms with Gasteiger partial charge in [0.1, 0.15) is 5.56 Å². The minimum atomic E-state index is -3.78. The van der Waals surface area contributed by atoms with Crippen molar-refractivity contribution in [3.05, 3.63) is 17.5 Å². The molecule has 0 bridgehead atoms. The summed E-state index contributed by atoms with van der Waals surface area (Å²) in [6.07, 6.45) is 1.42. The van der Waals surface area contributed by atoms with E-state index in [4.69, 9.17) is 4.74 Å². The van der Waals surface area contributed by atoms with Gasteiger partial charge in [-0.15, -0.1) is 0 Å². The van der Waals surface area contributed by atoms with Crippen molar-refractivity contribution < 1.29 is 17.9 Å². The Labute approximate surface area is 119 Å². The van der Waals surface area contributed by atoms with Gasteiger partial charge in [0.2, 0.25) is 0 Å². The number of esters is 1. The lowest BCUT2D eigenvalue weighted by atomic mass is 10.1. The summed E-state index contributed by atoms with van der Waals surface area (Å²) < 4.78 is 33.6. The van der Waals surface area contributed by atoms with Crippen molar-refractivity contribution in [1.29, 1.82) is 0 Å². The summed E-state index contributed by atoms with van der Waals surface area (Å²) in [7, 11) is -3.78. The Morgan fingerprint density at radius 2 is 2.00 bits per heavy atom. The predicted octanol–water partition coefficient (Wildman–Crippen LogP) is 1.54. The van der Waals surface area contributed by atoms with Gasteiger partial charge in [0.25, 0.3) is 10.2 Å². The molecule has 8 heteroatoms. The topological polar surface area (TPSA) is 100 Å². The lowest BCUT2D eigenvalue weighted by molar-refractivity contribution is 0.0527. The highest BCUT2D eigenvalue weighted by atomic mass is 32.2. The molecule has 0 fully saturated rings. The van der Waals surface area contributed by atoms with E-state index in [0.29, 0.717) is 5.69 Å². The Morgan fingerprint density at radius 3 is 2.50 bits per heavy atom. The van der Waals surface area contributed by atoms with Crippen molar-refractivity contribution in [3.63, 3.8) is 0 Å². The predicted molar refractivity (Wildman–Crippen MR) is 76.9 cm³/mol. The Hall–Kier alpha value is -1.54. The van der Waals surface area contributed by atoms with E-state index in [0.717, 1.165) is 0 Å². The van der Waals surface area contributed by atoms with Crippen molar-refractivity contribution in [2.45, 2.75) is 40.2 Å². The number of hydrogen-bond acceptors (Lipinski definition) is 4. The normalized spacial score (nSPS) is 12.2. The Kier molecular flexibility index (Phi) is 4.82. The van der Waals surface area contributed by atoms with E-state index in [1.165, 1.54) is 6.20 Å². The first kappa shape index (κ1) is 16.5. The molecule has 0 radical (unpaired) electrons. The fourth-order valence-corrected chi connectivity index (χ4v) is 2.95. The Bertz CT molecular complexity index is 584. The van der Waals surface area contributed by atoms with Crippen molar-refractivity contribution >= 4 is 21.9 Å². The molecule has 20 heavy (non-hydrogen) atoms. The van der Waals surface area contributed by atoms with Crippen LogP contribution in [0.15, 0.2) is 6.20 Å². The molecule has 0 amide bonds. The number of carbonyl (C=O) groups excluding carboxylic acids is 1. The lowest BCUT2D eigenvalue weighted by Gasteiger charge is -2.20. The van der Waals surface area contributed by atoms with Crippen molar-refractivity contribution in [2.75, 3.05) is 11.3 Å². The van der Waals surface area contributed by atoms with E-state index in [1.807, 2.05) is 0 Å². The molecular weight excluding hydrogens is 282 g/mol. The fraction of sp³-hybridized carbons (Fsp3) is 0.583. The molecule has 0 unspecified atom stereocenters. The minimum absolute atomic E-state index is 0.165. The van der Waals surface area contributed by atoms with Crippen LogP contribution in [0.4, 0.5) is 5.69 Å². The van der Waals surface area contributed by atoms with E-state index in [-0.39, 0.29) is 17.9 Å². The summed E-state index contributed by atoms with van der Waals surface area (Å²) in [6.45, 7) is 8.74. The molecule has 0 saturated carbocycles. The van der Waals surface area contributed by atoms with E-state index in [2.05, 4.69) is 14.4 Å². The van der Waals surface area contributed by atoms with Crippen LogP contribution in [0.2, 0.25) is 0 Å². The minimum Gasteiger partial charge on any atom is -0.462 e. The van der Waals surface area contributed by atoms with Gasteiger partial charge < -0.3 is 9.72 Å². The molecule has 114 valence electrons. The monoisotopic (exact) mass is 303 g/mol. The summed E-state index contributed by atoms with van der Waals surface area (Å²) >= 11 is 0. The van der Waals surface area contributed by atoms with Crippen LogP contribution in [0.3, 0.4) is 0 Å². The number of aromatic amines is 1. The quantitative estimate of drug-likeness (QED) is 0.718. The smallest absolute Gasteiger partial charge is 0.342 e. The van der Waals surface area contributed by atoms with Gasteiger partial charge in [0.15, 0.2) is 0 Å². The SMILES string of the molecule is CCOC(=O)c1c(NS(=O)(=O)NC(C)(C)C)c[nH]c1C. The van der Waals surface area contributed by atoms with Gasteiger partial charge in [-0.2, -0.15) is 13.1 Å². The molecule has 0 aliphatic rings. The maximum Gasteiger partial charge on any atom is 0.342 e. The van der Waals surface area contributed by atoms with Crippen LogP contribution in [0.25, 0.3) is 0 Å². The second kappa shape index (κ2) is 5.84. The van der Waals surface area contributed by atoms with Gasteiger partial charge in [-0.25, -0.2) is 4.79 Å². The van der Waals surface area contributed by atoms with Crippen molar-refractivity contribution in [3.8, 4) is 0 Å². The number of aromatic nitrogens is 1. The average molecular weight is 303 g/mol. The number of hydrogen-bond donors (Lipinski definition) is 3. The summed E-state index contributed by atoms with van der Waals surface area (Å²) in [4.78, 5) is 14.6. The van der Waals surface area contributed by atoms with E-state index in [1.54, 1.807) is 34.6 Å². The molecule has 0 saturated heterocycles. The third-order valence-electron chi connectivity index (χ3n) is 2.24. The molecule has 3 N–H and O–H groups in total. The number of H-pyrrole nitrogens is 1. The van der Waals surface area contributed by atoms with Gasteiger partial charge in [-0.3, -0.25) is 4.72 Å². The summed E-state index contributed by atoms with van der Waals surface area (Å²) in [6, 6.07) is 0. The maximum absolute atomic E-state index is 12.0. The summed E-state index contributed by atoms with van der Waals surface area (Å²) in [5, 5.41) is 0. The van der Waals surface area contributed by atoms with Crippen molar-refractivity contribution in [2.24, 2.45) is 0 Å². The van der Waals surface area contributed by atoms with E-state index < -0.39 is 21.7 Å². The van der Waals surface area contributed by atoms with Crippen LogP contribution in [-0.4, -0.2) is 31.5 Å². The highest BCUT2D eigenvalue weighted by Crippen LogP contribution is 2.21. The van der Waals surface area contributed by atoms with Gasteiger partial charge in [0, 0.05) is 17.4 Å². The highest BCUT2D eigenvalue weighted by Gasteiger charge is 2.24. The molecular formula is C12H21N3O4S. The Morgan fingerprint density at radius 1 is 1.40 bits per heavy atom. The molecule has 1 aromatic rings. The van der Waals surface area contributed by atoms with E-state index in [9.17, 15) is 13.2 Å². The summed E-state index contributed by atoms with van der Waals surface area (Å²) in [5.41, 5.74) is 0.266. The van der Waals surface area contributed by atoms with Gasteiger partial charge in [-0.05, 0) is 34.6 Å². The number of nitrogens with one attached hydrogen (secondary N) is 3. The number of anilines is 1. The van der Waals surface area contributed by atoms with Crippen LogP contribution in [0.1, 0.15) is 43.7 Å². The zero-order valence-electron chi connectivity index (χ0n) is 12.3. The molecule has 0 aliphatic heterocycles. The molecule has 0 spiro atoms. The maximum atomic E-state index is 12.0. The molecule has 1 rings (SSSR count). The van der Waals surface area contributed by atoms with Gasteiger partial charge in [-0.1, -0.05) is 0 Å². The molecule has 7 nitrogen and oxygen atoms in total. The summed E-state index contributed by atoms with van der Waals surface area (Å²) in [5.74, 6) is -0.570. The first-order chi connectivity index (χ1) is 9.06. The number of carbonyl (C=O) groups is 1. The second-order valence-electron chi connectivity index (χ2n) is 5.38. The number of ether oxygens (including phenoxy) is 1. The fourth-order valence-electron chi connectivity index (χ4n) is 1.65. The third kappa shape index (κ3) is 4.53. The van der Waals surface area contributed by atoms with Crippen LogP contribution in [0.5, 0.6) is 0 Å². The van der Waals surface area contributed by atoms with Crippen LogP contribution >= 0.6 is 0 Å². The average Bonchev–Trinajstić information content (AvgIpc) is 2.55. The van der Waals surface area contributed by atoms with Crippen LogP contribution in [0, 0.1) is 6.92 Å². The van der Waals surface area contributed by atoms with Crippen LogP contribution < -0.4 is 9.44 Å². The van der Waals surface area contributed by atoms with Gasteiger partial charge in [0.05, 0.1) is 12.3 Å². The Balaban J connectivity index is 3.02.